The minimum atomic E-state index is -2.20. The standard InChI is InChI=1S/C54H81N19O21S2/c1-18-32(70-45(73-43(18)59)24(11-30(58)77)65-12-22(55)44(60)83)49(87)72-34(40(25-13-62-17-66-25)92-53-42(38(81)36(79)21(4)90-53)93-52-39(82)41(94-54(61)89)37(80)28(14-75)91-52)50(88)68-23(7-10-74)35(78)19(2)46(84)71-33(20(3)76)48(86)64-9-6-31-67-27(16-95-31)51-69-26(15-96-51)47(85)63-8-5-29(56)57/h13,15-17,19-24,28,33-42,52-53,65,74-76,78-82H,5-12,14,55H2,1-4H3,(H3,56,57)(H2,58,77)(H2,60,83)(H2,61,89)(H,62,66)(H,63,85)(H,64,86)(H,68,88)(H,71,84)(H,72,87)(H2,59,70,73)/t19-,20-,21+,22-,23+,24-,28+,33-,34-,35+,36+,37+,38-,39+,40-,41-,42-,52-,53-/m0/s1. The van der Waals surface area contributed by atoms with Crippen LogP contribution in [0, 0.1) is 18.3 Å². The third kappa shape index (κ3) is 20.2. The zero-order chi connectivity index (χ0) is 71.0. The second kappa shape index (κ2) is 35.2. The molecule has 19 atom stereocenters. The summed E-state index contributed by atoms with van der Waals surface area (Å²) in [4.78, 5) is 131. The lowest BCUT2D eigenvalue weighted by molar-refractivity contribution is -0.369. The molecule has 2 saturated heterocycles. The average Bonchev–Trinajstić information content (AvgIpc) is 1.46. The Hall–Kier alpha value is -8.18. The lowest BCUT2D eigenvalue weighted by atomic mass is 9.93. The number of nitrogen functional groups attached to an aromatic ring is 1. The van der Waals surface area contributed by atoms with E-state index in [2.05, 4.69) is 61.8 Å². The van der Waals surface area contributed by atoms with Crippen molar-refractivity contribution < 1.29 is 103 Å². The summed E-state index contributed by atoms with van der Waals surface area (Å²) in [6.07, 6.45) is -24.7. The van der Waals surface area contributed by atoms with Gasteiger partial charge in [0.2, 0.25) is 29.5 Å². The van der Waals surface area contributed by atoms with Crippen LogP contribution < -0.4 is 66.3 Å². The Balaban J connectivity index is 1.29. The topological polar surface area (TPSA) is 677 Å². The van der Waals surface area contributed by atoms with Crippen molar-refractivity contribution in [2.75, 3.05) is 38.6 Å². The number of carbonyl (C=O) groups excluding carboxylic acids is 8. The highest BCUT2D eigenvalue weighted by atomic mass is 32.1. The zero-order valence-corrected chi connectivity index (χ0v) is 53.7. The van der Waals surface area contributed by atoms with E-state index in [1.807, 2.05) is 0 Å². The molecule has 6 rings (SSSR count). The highest BCUT2D eigenvalue weighted by Gasteiger charge is 2.53. The molecule has 2 aliphatic heterocycles. The summed E-state index contributed by atoms with van der Waals surface area (Å²) in [6, 6.07) is -8.10. The molecule has 0 spiro atoms. The molecule has 0 saturated carbocycles. The number of amidine groups is 1. The molecule has 2 aliphatic rings. The molecule has 0 aliphatic carbocycles. The van der Waals surface area contributed by atoms with Gasteiger partial charge in [0.1, 0.15) is 88.5 Å². The third-order valence-corrected chi connectivity index (χ3v) is 17.0. The molecule has 4 aromatic rings. The van der Waals surface area contributed by atoms with E-state index in [0.29, 0.717) is 15.7 Å². The molecule has 4 aromatic heterocycles. The Morgan fingerprint density at radius 1 is 0.812 bits per heavy atom. The van der Waals surface area contributed by atoms with Crippen molar-refractivity contribution in [3.8, 4) is 10.7 Å². The van der Waals surface area contributed by atoms with Gasteiger partial charge in [0.05, 0.1) is 78.0 Å². The van der Waals surface area contributed by atoms with Crippen LogP contribution >= 0.6 is 22.7 Å². The maximum atomic E-state index is 15.3. The van der Waals surface area contributed by atoms with Gasteiger partial charge in [-0.2, -0.15) is 0 Å². The van der Waals surface area contributed by atoms with Crippen molar-refractivity contribution in [3.05, 3.63) is 56.8 Å². The van der Waals surface area contributed by atoms with Crippen LogP contribution in [0.25, 0.3) is 10.7 Å². The number of nitrogens with zero attached hydrogens (tertiary/aromatic N) is 5. The fraction of sp³-hybridized carbons (Fsp3) is 0.593. The Morgan fingerprint density at radius 3 is 2.16 bits per heavy atom. The summed E-state index contributed by atoms with van der Waals surface area (Å²) in [6.45, 7) is 2.96. The highest BCUT2D eigenvalue weighted by Crippen LogP contribution is 2.35. The molecule has 42 heteroatoms. The number of imidazole rings is 1. The second-order valence-electron chi connectivity index (χ2n) is 22.4. The third-order valence-electron chi connectivity index (χ3n) is 15.2. The fourth-order valence-corrected chi connectivity index (χ4v) is 11.4. The van der Waals surface area contributed by atoms with E-state index >= 15 is 4.79 Å². The largest absolute Gasteiger partial charge is 0.441 e. The number of hydrogen-bond acceptors (Lipinski definition) is 32. The van der Waals surface area contributed by atoms with Crippen LogP contribution in [0.5, 0.6) is 0 Å². The number of anilines is 1. The van der Waals surface area contributed by atoms with Crippen LogP contribution in [0.1, 0.15) is 95.2 Å². The van der Waals surface area contributed by atoms with Gasteiger partial charge in [-0.05, 0) is 27.2 Å². The predicted molar refractivity (Wildman–Crippen MR) is 331 cm³/mol. The molecule has 0 bridgehead atoms. The van der Waals surface area contributed by atoms with Crippen molar-refractivity contribution in [3.63, 3.8) is 0 Å². The first kappa shape index (κ1) is 76.8. The first-order valence-electron chi connectivity index (χ1n) is 29.6. The Labute approximate surface area is 553 Å². The van der Waals surface area contributed by atoms with Gasteiger partial charge in [-0.25, -0.2) is 29.7 Å². The van der Waals surface area contributed by atoms with E-state index in [9.17, 15) is 74.4 Å². The van der Waals surface area contributed by atoms with E-state index in [-0.39, 0.29) is 66.9 Å². The summed E-state index contributed by atoms with van der Waals surface area (Å²) in [7, 11) is 0. The smallest absolute Gasteiger partial charge is 0.404 e. The van der Waals surface area contributed by atoms with Gasteiger partial charge in [0, 0.05) is 61.8 Å². The minimum absolute atomic E-state index is 0.0489. The van der Waals surface area contributed by atoms with E-state index in [4.69, 9.17) is 63.5 Å². The van der Waals surface area contributed by atoms with Crippen LogP contribution in [-0.2, 0) is 54.1 Å². The summed E-state index contributed by atoms with van der Waals surface area (Å²) >= 11 is 2.40. The monoisotopic (exact) mass is 1400 g/mol. The molecular formula is C54H81N19O21S2. The normalized spacial score (nSPS) is 23.9. The number of primary amides is 3. The first-order chi connectivity index (χ1) is 45.3. The van der Waals surface area contributed by atoms with Crippen molar-refractivity contribution in [1.29, 1.82) is 5.41 Å². The number of H-pyrrole nitrogens is 1. The number of nitrogens with two attached hydrogens (primary N) is 6. The lowest BCUT2D eigenvalue weighted by Crippen LogP contribution is -2.65. The van der Waals surface area contributed by atoms with Crippen LogP contribution in [0.2, 0.25) is 0 Å². The van der Waals surface area contributed by atoms with Crippen molar-refractivity contribution in [2.24, 2.45) is 34.6 Å². The molecule has 0 aromatic carbocycles. The van der Waals surface area contributed by atoms with Gasteiger partial charge < -0.3 is 136 Å². The zero-order valence-electron chi connectivity index (χ0n) is 52.0. The SMILES string of the molecule is Cc1c(N)nc([C@H](CC(N)=O)NC[C@H](N)C(N)=O)nc1C(=O)N[C@H](C(=O)N[C@H](CCO)[C@H](O)[C@H](C)C(=O)N[C@H](C(=O)NCCc1nc(-c2nc(C(=O)NCCC(=N)N)cs2)cs1)[C@H](C)O)[C@@H](O[C@@H]1O[C@H](C)[C@@H](O)[C@H](O)[C@@H]1O[C@@H]1O[C@H](CO)[C@@H](O)[C@H](OC(N)=O)[C@H]1O)c1cnc[nH]1. The van der Waals surface area contributed by atoms with E-state index in [1.54, 1.807) is 10.8 Å². The number of aliphatic hydroxyl groups excluding tert-OH is 8. The van der Waals surface area contributed by atoms with E-state index in [1.165, 1.54) is 50.4 Å². The van der Waals surface area contributed by atoms with Gasteiger partial charge in [-0.3, -0.25) is 39.0 Å². The van der Waals surface area contributed by atoms with Gasteiger partial charge in [0.15, 0.2) is 18.7 Å². The first-order valence-corrected chi connectivity index (χ1v) is 31.4. The molecule has 0 unspecified atom stereocenters. The summed E-state index contributed by atoms with van der Waals surface area (Å²) < 4.78 is 28.9. The van der Waals surface area contributed by atoms with Crippen LogP contribution in [-0.4, -0.2) is 255 Å². The molecular weight excluding hydrogens is 1310 g/mol. The molecule has 28 N–H and O–H groups in total. The molecule has 2 fully saturated rings. The summed E-state index contributed by atoms with van der Waals surface area (Å²) in [5.41, 5.74) is 33.3. The van der Waals surface area contributed by atoms with E-state index in [0.717, 1.165) is 12.5 Å². The summed E-state index contributed by atoms with van der Waals surface area (Å²) in [5.74, 6) is -9.22. The quantitative estimate of drug-likeness (QED) is 0.0150. The molecule has 530 valence electrons. The molecule has 6 heterocycles. The highest BCUT2D eigenvalue weighted by molar-refractivity contribution is 7.14. The van der Waals surface area contributed by atoms with Gasteiger partial charge >= 0.3 is 6.09 Å². The Morgan fingerprint density at radius 2 is 1.53 bits per heavy atom. The second-order valence-corrected chi connectivity index (χ2v) is 24.2. The fourth-order valence-electron chi connectivity index (χ4n) is 9.75. The minimum Gasteiger partial charge on any atom is -0.441 e. The Kier molecular flexibility index (Phi) is 28.2. The van der Waals surface area contributed by atoms with Crippen LogP contribution in [0.15, 0.2) is 23.3 Å². The number of carbonyl (C=O) groups is 8. The van der Waals surface area contributed by atoms with Crippen molar-refractivity contribution in [1.82, 2.24) is 61.8 Å². The number of rotatable bonds is 35. The molecule has 96 heavy (non-hydrogen) atoms. The van der Waals surface area contributed by atoms with Gasteiger partial charge in [-0.15, -0.1) is 22.7 Å². The lowest BCUT2D eigenvalue weighted by Gasteiger charge is -2.46. The number of thiazole rings is 2. The van der Waals surface area contributed by atoms with Crippen LogP contribution in [0.3, 0.4) is 0 Å². The van der Waals surface area contributed by atoms with Crippen LogP contribution in [0.4, 0.5) is 10.6 Å². The number of aliphatic hydroxyl groups is 8. The maximum Gasteiger partial charge on any atom is 0.404 e. The maximum absolute atomic E-state index is 15.3. The average molecular weight is 1400 g/mol. The van der Waals surface area contributed by atoms with E-state index < -0.39 is 195 Å². The number of aromatic nitrogens is 6. The number of nitrogens with one attached hydrogen (secondary N) is 8. The molecule has 0 radical (unpaired) electrons. The number of amides is 8. The van der Waals surface area contributed by atoms with Crippen molar-refractivity contribution in [2.45, 2.75) is 163 Å². The van der Waals surface area contributed by atoms with Gasteiger partial charge in [-0.1, -0.05) is 6.92 Å². The summed E-state index contributed by atoms with van der Waals surface area (Å²) in [5, 5.41) is 115. The van der Waals surface area contributed by atoms with Crippen molar-refractivity contribution >= 4 is 81.8 Å². The Bertz CT molecular complexity index is 3330. The number of ether oxygens (including phenoxy) is 5. The molecule has 8 amide bonds. The predicted octanol–water partition coefficient (Wildman–Crippen LogP) is -8.26. The van der Waals surface area contributed by atoms with Gasteiger partial charge in [0.25, 0.3) is 11.8 Å². The molecule has 40 nitrogen and oxygen atoms in total. The number of hydrogen-bond donors (Lipinski definition) is 22. The number of aromatic amines is 1.